The zero-order valence-electron chi connectivity index (χ0n) is 10.1. The van der Waals surface area contributed by atoms with Crippen molar-refractivity contribution >= 4 is 28.4 Å². The van der Waals surface area contributed by atoms with Crippen LogP contribution in [0.3, 0.4) is 0 Å². The summed E-state index contributed by atoms with van der Waals surface area (Å²) in [5.74, 6) is -0.508. The number of hydrogen-bond donors (Lipinski definition) is 0. The molecule has 0 saturated carbocycles. The molecule has 92 valence electrons. The second-order valence-corrected chi connectivity index (χ2v) is 5.36. The van der Waals surface area contributed by atoms with Gasteiger partial charge in [-0.1, -0.05) is 12.1 Å². The molecule has 0 unspecified atom stereocenters. The molecule has 0 radical (unpaired) electrons. The first kappa shape index (κ1) is 13.2. The van der Waals surface area contributed by atoms with Crippen LogP contribution in [0.25, 0.3) is 0 Å². The Hall–Kier alpha value is -1.23. The highest BCUT2D eigenvalue weighted by Gasteiger charge is 2.14. The normalized spacial score (nSPS) is 10.4. The van der Waals surface area contributed by atoms with Crippen molar-refractivity contribution in [2.24, 2.45) is 0 Å². The highest BCUT2D eigenvalue weighted by atomic mass is 127. The van der Waals surface area contributed by atoms with Gasteiger partial charge in [-0.3, -0.25) is 4.79 Å². The highest BCUT2D eigenvalue weighted by Crippen LogP contribution is 2.21. The van der Waals surface area contributed by atoms with E-state index in [1.807, 2.05) is 19.1 Å². The van der Waals surface area contributed by atoms with Crippen LogP contribution < -0.4 is 0 Å². The first-order valence-electron chi connectivity index (χ1n) is 5.56. The minimum atomic E-state index is -0.374. The van der Waals surface area contributed by atoms with Crippen LogP contribution in [-0.2, 0) is 0 Å². The van der Waals surface area contributed by atoms with Crippen molar-refractivity contribution in [1.82, 2.24) is 0 Å². The number of halogens is 2. The SMILES string of the molecule is Cc1cc(F)cc(C(=O)c2cccc(C)c2I)c1. The summed E-state index contributed by atoms with van der Waals surface area (Å²) in [4.78, 5) is 12.4. The molecular weight excluding hydrogens is 342 g/mol. The van der Waals surface area contributed by atoms with Gasteiger partial charge >= 0.3 is 0 Å². The fourth-order valence-corrected chi connectivity index (χ4v) is 2.45. The van der Waals surface area contributed by atoms with Gasteiger partial charge < -0.3 is 0 Å². The number of rotatable bonds is 2. The lowest BCUT2D eigenvalue weighted by atomic mass is 10.0. The van der Waals surface area contributed by atoms with Crippen molar-refractivity contribution < 1.29 is 9.18 Å². The Morgan fingerprint density at radius 2 is 1.89 bits per heavy atom. The first-order valence-corrected chi connectivity index (χ1v) is 6.64. The van der Waals surface area contributed by atoms with Crippen molar-refractivity contribution in [3.63, 3.8) is 0 Å². The van der Waals surface area contributed by atoms with Crippen molar-refractivity contribution in [2.45, 2.75) is 13.8 Å². The lowest BCUT2D eigenvalue weighted by molar-refractivity contribution is 0.103. The number of hydrogen-bond acceptors (Lipinski definition) is 1. The number of ketones is 1. The van der Waals surface area contributed by atoms with E-state index in [1.54, 1.807) is 19.1 Å². The summed E-state index contributed by atoms with van der Waals surface area (Å²) < 4.78 is 14.2. The van der Waals surface area contributed by atoms with Crippen LogP contribution in [0.5, 0.6) is 0 Å². The van der Waals surface area contributed by atoms with E-state index in [0.29, 0.717) is 11.1 Å². The molecule has 0 N–H and O–H groups in total. The minimum Gasteiger partial charge on any atom is -0.289 e. The molecule has 0 aliphatic rings. The van der Waals surface area contributed by atoms with Crippen LogP contribution in [0.4, 0.5) is 4.39 Å². The molecule has 0 heterocycles. The predicted molar refractivity (Wildman–Crippen MR) is 78.5 cm³/mol. The van der Waals surface area contributed by atoms with E-state index in [9.17, 15) is 9.18 Å². The van der Waals surface area contributed by atoms with Crippen molar-refractivity contribution in [2.75, 3.05) is 0 Å². The van der Waals surface area contributed by atoms with Gasteiger partial charge in [-0.25, -0.2) is 4.39 Å². The summed E-state index contributed by atoms with van der Waals surface area (Å²) in [6.45, 7) is 3.73. The molecule has 2 rings (SSSR count). The molecule has 0 aromatic heterocycles. The number of benzene rings is 2. The zero-order chi connectivity index (χ0) is 13.3. The first-order chi connectivity index (χ1) is 8.49. The maximum Gasteiger partial charge on any atom is 0.194 e. The number of carbonyl (C=O) groups excluding carboxylic acids is 1. The van der Waals surface area contributed by atoms with E-state index in [0.717, 1.165) is 14.7 Å². The van der Waals surface area contributed by atoms with E-state index in [2.05, 4.69) is 22.6 Å². The molecule has 0 aliphatic carbocycles. The Kier molecular flexibility index (Phi) is 3.80. The summed E-state index contributed by atoms with van der Waals surface area (Å²) >= 11 is 2.15. The summed E-state index contributed by atoms with van der Waals surface area (Å²) in [7, 11) is 0. The third-order valence-electron chi connectivity index (χ3n) is 2.74. The molecule has 2 aromatic carbocycles. The lowest BCUT2D eigenvalue weighted by Gasteiger charge is -2.07. The van der Waals surface area contributed by atoms with Gasteiger partial charge in [-0.2, -0.15) is 0 Å². The van der Waals surface area contributed by atoms with Gasteiger partial charge in [0.15, 0.2) is 5.78 Å². The maximum atomic E-state index is 13.3. The predicted octanol–water partition coefficient (Wildman–Crippen LogP) is 4.28. The number of aryl methyl sites for hydroxylation is 2. The molecule has 0 spiro atoms. The summed E-state index contributed by atoms with van der Waals surface area (Å²) in [6, 6.07) is 9.99. The molecule has 0 amide bonds. The quantitative estimate of drug-likeness (QED) is 0.581. The number of carbonyl (C=O) groups is 1. The third kappa shape index (κ3) is 2.61. The summed E-state index contributed by atoms with van der Waals surface area (Å²) in [5, 5.41) is 0. The largest absolute Gasteiger partial charge is 0.289 e. The van der Waals surface area contributed by atoms with Crippen LogP contribution in [0, 0.1) is 23.2 Å². The van der Waals surface area contributed by atoms with Crippen LogP contribution >= 0.6 is 22.6 Å². The maximum absolute atomic E-state index is 13.3. The summed E-state index contributed by atoms with van der Waals surface area (Å²) in [5.41, 5.74) is 2.83. The van der Waals surface area contributed by atoms with E-state index >= 15 is 0 Å². The fourth-order valence-electron chi connectivity index (χ4n) is 1.85. The van der Waals surface area contributed by atoms with Crippen molar-refractivity contribution in [3.05, 3.63) is 68.0 Å². The van der Waals surface area contributed by atoms with Gasteiger partial charge in [0.1, 0.15) is 5.82 Å². The van der Waals surface area contributed by atoms with Crippen LogP contribution in [0.2, 0.25) is 0 Å². The summed E-state index contributed by atoms with van der Waals surface area (Å²) in [6.07, 6.45) is 0. The van der Waals surface area contributed by atoms with Gasteiger partial charge in [0.2, 0.25) is 0 Å². The van der Waals surface area contributed by atoms with Gasteiger partial charge in [-0.05, 0) is 71.8 Å². The Morgan fingerprint density at radius 3 is 2.56 bits per heavy atom. The molecular formula is C15H12FIO. The molecule has 0 aliphatic heterocycles. The van der Waals surface area contributed by atoms with Crippen LogP contribution in [0.1, 0.15) is 27.0 Å². The second-order valence-electron chi connectivity index (χ2n) is 4.28. The second kappa shape index (κ2) is 5.18. The Labute approximate surface area is 119 Å². The monoisotopic (exact) mass is 354 g/mol. The smallest absolute Gasteiger partial charge is 0.194 e. The Balaban J connectivity index is 2.51. The molecule has 0 atom stereocenters. The van der Waals surface area contributed by atoms with Gasteiger partial charge in [0, 0.05) is 14.7 Å². The van der Waals surface area contributed by atoms with Gasteiger partial charge in [-0.15, -0.1) is 0 Å². The van der Waals surface area contributed by atoms with E-state index in [1.165, 1.54) is 12.1 Å². The highest BCUT2D eigenvalue weighted by molar-refractivity contribution is 14.1. The van der Waals surface area contributed by atoms with E-state index in [-0.39, 0.29) is 11.6 Å². The molecule has 2 aromatic rings. The van der Waals surface area contributed by atoms with Crippen LogP contribution in [0.15, 0.2) is 36.4 Å². The Morgan fingerprint density at radius 1 is 1.17 bits per heavy atom. The third-order valence-corrected chi connectivity index (χ3v) is 4.17. The lowest BCUT2D eigenvalue weighted by Crippen LogP contribution is -2.05. The molecule has 18 heavy (non-hydrogen) atoms. The standard InChI is InChI=1S/C15H12FIO/c1-9-6-11(8-12(16)7-9)15(18)13-5-3-4-10(2)14(13)17/h3-8H,1-2H3. The molecule has 0 fully saturated rings. The zero-order valence-corrected chi connectivity index (χ0v) is 12.3. The average Bonchev–Trinajstić information content (AvgIpc) is 2.30. The van der Waals surface area contributed by atoms with Crippen molar-refractivity contribution in [1.29, 1.82) is 0 Å². The van der Waals surface area contributed by atoms with Crippen molar-refractivity contribution in [3.8, 4) is 0 Å². The molecule has 0 bridgehead atoms. The molecule has 1 nitrogen and oxygen atoms in total. The fraction of sp³-hybridized carbons (Fsp3) is 0.133. The molecule has 0 saturated heterocycles. The van der Waals surface area contributed by atoms with E-state index in [4.69, 9.17) is 0 Å². The topological polar surface area (TPSA) is 17.1 Å². The Bertz CT molecular complexity index is 600. The minimum absolute atomic E-state index is 0.134. The van der Waals surface area contributed by atoms with Gasteiger partial charge in [0.05, 0.1) is 0 Å². The van der Waals surface area contributed by atoms with E-state index < -0.39 is 0 Å². The van der Waals surface area contributed by atoms with Gasteiger partial charge in [0.25, 0.3) is 0 Å². The van der Waals surface area contributed by atoms with Crippen LogP contribution in [-0.4, -0.2) is 5.78 Å². The average molecular weight is 354 g/mol. The molecule has 3 heteroatoms.